The van der Waals surface area contributed by atoms with Gasteiger partial charge in [-0.05, 0) is 58.7 Å². The van der Waals surface area contributed by atoms with Gasteiger partial charge >= 0.3 is 0 Å². The lowest BCUT2D eigenvalue weighted by molar-refractivity contribution is 0.102. The lowest BCUT2D eigenvalue weighted by Crippen LogP contribution is -2.13. The minimum Gasteiger partial charge on any atom is -0.321 e. The fraction of sp³-hybridized carbons (Fsp3) is 0.0714. The SMILES string of the molecule is Cc1cc(Cl)c(NC(=O)c2cc(S)ccc2Br)cc1Cl. The van der Waals surface area contributed by atoms with Crippen LogP contribution in [0.2, 0.25) is 10.0 Å². The summed E-state index contributed by atoms with van der Waals surface area (Å²) >= 11 is 19.7. The van der Waals surface area contributed by atoms with Gasteiger partial charge in [-0.25, -0.2) is 0 Å². The molecule has 0 heterocycles. The molecule has 2 aromatic carbocycles. The van der Waals surface area contributed by atoms with Crippen molar-refractivity contribution in [3.8, 4) is 0 Å². The van der Waals surface area contributed by atoms with Gasteiger partial charge in [-0.3, -0.25) is 4.79 Å². The van der Waals surface area contributed by atoms with E-state index in [4.69, 9.17) is 23.2 Å². The van der Waals surface area contributed by atoms with Gasteiger partial charge in [0.2, 0.25) is 0 Å². The topological polar surface area (TPSA) is 29.1 Å². The Hall–Kier alpha value is -0.680. The number of nitrogens with one attached hydrogen (secondary N) is 1. The molecule has 0 bridgehead atoms. The van der Waals surface area contributed by atoms with Crippen LogP contribution in [0.25, 0.3) is 0 Å². The van der Waals surface area contributed by atoms with Crippen molar-refractivity contribution in [1.29, 1.82) is 0 Å². The summed E-state index contributed by atoms with van der Waals surface area (Å²) in [6.07, 6.45) is 0. The molecule has 0 aliphatic heterocycles. The second-order valence-corrected chi connectivity index (χ2v) is 6.38. The maximum atomic E-state index is 12.3. The van der Waals surface area contributed by atoms with Crippen molar-refractivity contribution in [3.63, 3.8) is 0 Å². The molecule has 0 fully saturated rings. The van der Waals surface area contributed by atoms with Crippen molar-refractivity contribution >= 4 is 63.4 Å². The molecular weight excluding hydrogens is 381 g/mol. The molecule has 2 nitrogen and oxygen atoms in total. The first kappa shape index (κ1) is 15.7. The molecule has 0 aromatic heterocycles. The molecule has 0 spiro atoms. The van der Waals surface area contributed by atoms with Crippen LogP contribution in [0.1, 0.15) is 15.9 Å². The highest BCUT2D eigenvalue weighted by Crippen LogP contribution is 2.30. The van der Waals surface area contributed by atoms with E-state index in [0.29, 0.717) is 30.7 Å². The van der Waals surface area contributed by atoms with E-state index in [0.717, 1.165) is 5.56 Å². The van der Waals surface area contributed by atoms with Gasteiger partial charge in [0.05, 0.1) is 16.3 Å². The molecule has 20 heavy (non-hydrogen) atoms. The Morgan fingerprint density at radius 1 is 1.20 bits per heavy atom. The number of thiol groups is 1. The first-order valence-corrected chi connectivity index (χ1v) is 7.63. The Bertz CT molecular complexity index is 691. The van der Waals surface area contributed by atoms with Crippen LogP contribution in [-0.4, -0.2) is 5.91 Å². The average Bonchev–Trinajstić information content (AvgIpc) is 2.38. The lowest BCUT2D eigenvalue weighted by Gasteiger charge is -2.10. The number of hydrogen-bond acceptors (Lipinski definition) is 2. The highest BCUT2D eigenvalue weighted by Gasteiger charge is 2.13. The van der Waals surface area contributed by atoms with E-state index in [1.165, 1.54) is 0 Å². The smallest absolute Gasteiger partial charge is 0.256 e. The fourth-order valence-electron chi connectivity index (χ4n) is 1.62. The quantitative estimate of drug-likeness (QED) is 0.641. The summed E-state index contributed by atoms with van der Waals surface area (Å²) in [6.45, 7) is 1.85. The summed E-state index contributed by atoms with van der Waals surface area (Å²) in [7, 11) is 0. The number of anilines is 1. The molecule has 2 aromatic rings. The monoisotopic (exact) mass is 389 g/mol. The maximum Gasteiger partial charge on any atom is 0.256 e. The van der Waals surface area contributed by atoms with Crippen molar-refractivity contribution < 1.29 is 4.79 Å². The first-order valence-electron chi connectivity index (χ1n) is 5.64. The Kier molecular flexibility index (Phi) is 5.02. The van der Waals surface area contributed by atoms with Gasteiger partial charge in [-0.2, -0.15) is 0 Å². The van der Waals surface area contributed by atoms with Gasteiger partial charge in [0.1, 0.15) is 0 Å². The zero-order valence-electron chi connectivity index (χ0n) is 10.4. The van der Waals surface area contributed by atoms with E-state index >= 15 is 0 Å². The first-order chi connectivity index (χ1) is 9.38. The Labute approximate surface area is 141 Å². The van der Waals surface area contributed by atoms with E-state index in [1.54, 1.807) is 30.3 Å². The summed E-state index contributed by atoms with van der Waals surface area (Å²) in [5.41, 5.74) is 1.81. The third-order valence-corrected chi connectivity index (χ3v) is 4.38. The third-order valence-electron chi connectivity index (χ3n) is 2.69. The van der Waals surface area contributed by atoms with Crippen LogP contribution < -0.4 is 5.32 Å². The number of benzene rings is 2. The molecule has 2 rings (SSSR count). The van der Waals surface area contributed by atoms with E-state index in [9.17, 15) is 4.79 Å². The van der Waals surface area contributed by atoms with Crippen molar-refractivity contribution in [3.05, 3.63) is 56.0 Å². The van der Waals surface area contributed by atoms with Crippen molar-refractivity contribution in [2.45, 2.75) is 11.8 Å². The van der Waals surface area contributed by atoms with Crippen LogP contribution in [0.3, 0.4) is 0 Å². The summed E-state index contributed by atoms with van der Waals surface area (Å²) in [5, 5.41) is 3.73. The van der Waals surface area contributed by atoms with Crippen LogP contribution >= 0.6 is 51.8 Å². The molecule has 0 atom stereocenters. The third kappa shape index (κ3) is 3.50. The molecule has 6 heteroatoms. The predicted octanol–water partition coefficient (Wildman–Crippen LogP) is 5.61. The number of halogens is 3. The zero-order chi connectivity index (χ0) is 14.9. The molecule has 0 aliphatic carbocycles. The van der Waals surface area contributed by atoms with Crippen molar-refractivity contribution in [2.75, 3.05) is 5.32 Å². The Morgan fingerprint density at radius 3 is 2.60 bits per heavy atom. The number of amides is 1. The van der Waals surface area contributed by atoms with Gasteiger partial charge in [-0.1, -0.05) is 23.2 Å². The second kappa shape index (κ2) is 6.39. The summed E-state index contributed by atoms with van der Waals surface area (Å²) < 4.78 is 0.683. The molecule has 0 aliphatic rings. The Morgan fingerprint density at radius 2 is 1.90 bits per heavy atom. The number of carbonyl (C=O) groups excluding carboxylic acids is 1. The van der Waals surface area contributed by atoms with E-state index in [1.807, 2.05) is 6.92 Å². The second-order valence-electron chi connectivity index (χ2n) is 4.20. The zero-order valence-corrected chi connectivity index (χ0v) is 14.4. The van der Waals surface area contributed by atoms with Gasteiger partial charge in [0.25, 0.3) is 5.91 Å². The summed E-state index contributed by atoms with van der Waals surface area (Å²) in [5.74, 6) is -0.283. The van der Waals surface area contributed by atoms with Gasteiger partial charge in [0.15, 0.2) is 0 Å². The van der Waals surface area contributed by atoms with Crippen molar-refractivity contribution in [1.82, 2.24) is 0 Å². The van der Waals surface area contributed by atoms with Gasteiger partial charge < -0.3 is 5.32 Å². The molecule has 1 amide bonds. The van der Waals surface area contributed by atoms with Crippen LogP contribution in [-0.2, 0) is 0 Å². The van der Waals surface area contributed by atoms with Crippen LogP contribution in [0, 0.1) is 6.92 Å². The summed E-state index contributed by atoms with van der Waals surface area (Å²) in [4.78, 5) is 13.0. The minimum atomic E-state index is -0.283. The fourth-order valence-corrected chi connectivity index (χ4v) is 2.68. The normalized spacial score (nSPS) is 10.4. The minimum absolute atomic E-state index is 0.283. The highest BCUT2D eigenvalue weighted by molar-refractivity contribution is 9.10. The van der Waals surface area contributed by atoms with E-state index < -0.39 is 0 Å². The standard InChI is InChI=1S/C14H10BrCl2NOS/c1-7-4-12(17)13(6-11(7)16)18-14(19)9-5-8(20)2-3-10(9)15/h2-6,20H,1H3,(H,18,19). The largest absolute Gasteiger partial charge is 0.321 e. The van der Waals surface area contributed by atoms with Gasteiger partial charge in [-0.15, -0.1) is 12.6 Å². The lowest BCUT2D eigenvalue weighted by atomic mass is 10.2. The highest BCUT2D eigenvalue weighted by atomic mass is 79.9. The molecule has 0 radical (unpaired) electrons. The van der Waals surface area contributed by atoms with Crippen molar-refractivity contribution in [2.24, 2.45) is 0 Å². The van der Waals surface area contributed by atoms with Crippen LogP contribution in [0.15, 0.2) is 39.7 Å². The van der Waals surface area contributed by atoms with Gasteiger partial charge in [0, 0.05) is 14.4 Å². The molecule has 0 saturated carbocycles. The van der Waals surface area contributed by atoms with Crippen LogP contribution in [0.5, 0.6) is 0 Å². The molecule has 0 unspecified atom stereocenters. The van der Waals surface area contributed by atoms with E-state index in [-0.39, 0.29) is 5.91 Å². The Balaban J connectivity index is 2.32. The molecular formula is C14H10BrCl2NOS. The molecule has 1 N–H and O–H groups in total. The number of hydrogen-bond donors (Lipinski definition) is 2. The maximum absolute atomic E-state index is 12.3. The number of carbonyl (C=O) groups is 1. The summed E-state index contributed by atoms with van der Waals surface area (Å²) in [6, 6.07) is 8.58. The molecule has 0 saturated heterocycles. The van der Waals surface area contributed by atoms with E-state index in [2.05, 4.69) is 33.9 Å². The molecule has 104 valence electrons. The van der Waals surface area contributed by atoms with Crippen LogP contribution in [0.4, 0.5) is 5.69 Å². The number of aryl methyl sites for hydroxylation is 1. The predicted molar refractivity (Wildman–Crippen MR) is 90.5 cm³/mol. The number of rotatable bonds is 2. The average molecular weight is 391 g/mol.